The molecule has 1 aromatic carbocycles. The van der Waals surface area contributed by atoms with Crippen molar-refractivity contribution in [3.05, 3.63) is 50.1 Å². The fourth-order valence-corrected chi connectivity index (χ4v) is 2.96. The van der Waals surface area contributed by atoms with Crippen LogP contribution in [0.1, 0.15) is 9.75 Å². The molecule has 2 aromatic rings. The van der Waals surface area contributed by atoms with Crippen molar-refractivity contribution in [3.8, 4) is 0 Å². The normalized spacial score (nSPS) is 10.6. The molecule has 0 fully saturated rings. The molecule has 2 rings (SSSR count). The van der Waals surface area contributed by atoms with Crippen LogP contribution in [0.3, 0.4) is 0 Å². The molecule has 0 amide bonds. The summed E-state index contributed by atoms with van der Waals surface area (Å²) in [6, 6.07) is 5.51. The van der Waals surface area contributed by atoms with Gasteiger partial charge in [0.15, 0.2) is 0 Å². The van der Waals surface area contributed by atoms with Crippen LogP contribution in [0.15, 0.2) is 28.7 Å². The van der Waals surface area contributed by atoms with Gasteiger partial charge in [-0.05, 0) is 41.1 Å². The summed E-state index contributed by atoms with van der Waals surface area (Å²) >= 11 is 5.06. The zero-order valence-corrected chi connectivity index (χ0v) is 11.5. The summed E-state index contributed by atoms with van der Waals surface area (Å²) in [5.41, 5.74) is 0.313. The van der Waals surface area contributed by atoms with Gasteiger partial charge in [0.1, 0.15) is 11.6 Å². The van der Waals surface area contributed by atoms with Crippen molar-refractivity contribution in [3.63, 3.8) is 0 Å². The molecule has 0 unspecified atom stereocenters. The van der Waals surface area contributed by atoms with E-state index in [9.17, 15) is 8.78 Å². The van der Waals surface area contributed by atoms with Crippen LogP contribution in [-0.4, -0.2) is 0 Å². The fraction of sp³-hybridized carbons (Fsp3) is 0.167. The minimum Gasteiger partial charge on any atom is -0.378 e. The Morgan fingerprint density at radius 1 is 1.29 bits per heavy atom. The molecule has 90 valence electrons. The second kappa shape index (κ2) is 5.14. The van der Waals surface area contributed by atoms with Gasteiger partial charge in [-0.15, -0.1) is 11.3 Å². The molecule has 1 aromatic heterocycles. The molecule has 0 bridgehead atoms. The lowest BCUT2D eigenvalue weighted by Crippen LogP contribution is -2.00. The third kappa shape index (κ3) is 3.04. The van der Waals surface area contributed by atoms with Gasteiger partial charge < -0.3 is 5.32 Å². The molecule has 0 saturated carbocycles. The molecule has 0 atom stereocenters. The van der Waals surface area contributed by atoms with Gasteiger partial charge in [-0.2, -0.15) is 0 Å². The first-order valence-corrected chi connectivity index (χ1v) is 6.61. The van der Waals surface area contributed by atoms with E-state index in [0.717, 1.165) is 15.4 Å². The zero-order valence-electron chi connectivity index (χ0n) is 9.06. The third-order valence-electron chi connectivity index (χ3n) is 2.29. The van der Waals surface area contributed by atoms with E-state index in [4.69, 9.17) is 0 Å². The van der Waals surface area contributed by atoms with Gasteiger partial charge in [-0.3, -0.25) is 0 Å². The highest BCUT2D eigenvalue weighted by atomic mass is 79.9. The predicted molar refractivity (Wildman–Crippen MR) is 70.4 cm³/mol. The van der Waals surface area contributed by atoms with Crippen molar-refractivity contribution in [2.45, 2.75) is 13.5 Å². The third-order valence-corrected chi connectivity index (χ3v) is 4.43. The Morgan fingerprint density at radius 2 is 2.06 bits per heavy atom. The van der Waals surface area contributed by atoms with Crippen LogP contribution in [0.5, 0.6) is 0 Å². The number of benzene rings is 1. The van der Waals surface area contributed by atoms with Gasteiger partial charge in [-0.1, -0.05) is 0 Å². The standard InChI is InChI=1S/C12H10BrF2NS/c1-7-10(13)5-9(17-7)6-16-12-3-2-8(14)4-11(12)15/h2-5,16H,6H2,1H3. The molecule has 17 heavy (non-hydrogen) atoms. The van der Waals surface area contributed by atoms with Crippen LogP contribution < -0.4 is 5.32 Å². The van der Waals surface area contributed by atoms with Gasteiger partial charge in [0, 0.05) is 26.8 Å². The van der Waals surface area contributed by atoms with Crippen LogP contribution in [0.4, 0.5) is 14.5 Å². The average Bonchev–Trinajstić information content (AvgIpc) is 2.57. The summed E-state index contributed by atoms with van der Waals surface area (Å²) in [5, 5.41) is 2.94. The van der Waals surface area contributed by atoms with E-state index in [-0.39, 0.29) is 0 Å². The van der Waals surface area contributed by atoms with Crippen LogP contribution in [0.2, 0.25) is 0 Å². The topological polar surface area (TPSA) is 12.0 Å². The second-order valence-corrected chi connectivity index (χ2v) is 5.79. The highest BCUT2D eigenvalue weighted by Gasteiger charge is 2.05. The summed E-state index contributed by atoms with van der Waals surface area (Å²) in [4.78, 5) is 2.28. The second-order valence-electron chi connectivity index (χ2n) is 3.59. The Labute approximate surface area is 111 Å². The Kier molecular flexibility index (Phi) is 3.79. The Balaban J connectivity index is 2.07. The lowest BCUT2D eigenvalue weighted by atomic mass is 10.3. The van der Waals surface area contributed by atoms with Crippen LogP contribution in [0.25, 0.3) is 0 Å². The quantitative estimate of drug-likeness (QED) is 0.864. The van der Waals surface area contributed by atoms with Crippen molar-refractivity contribution < 1.29 is 8.78 Å². The van der Waals surface area contributed by atoms with Gasteiger partial charge in [0.05, 0.1) is 5.69 Å². The first-order chi connectivity index (χ1) is 8.06. The van der Waals surface area contributed by atoms with E-state index in [0.29, 0.717) is 12.2 Å². The van der Waals surface area contributed by atoms with Crippen molar-refractivity contribution in [2.24, 2.45) is 0 Å². The summed E-state index contributed by atoms with van der Waals surface area (Å²) in [5.74, 6) is -1.14. The molecular weight excluding hydrogens is 308 g/mol. The number of hydrogen-bond donors (Lipinski definition) is 1. The van der Waals surface area contributed by atoms with Crippen LogP contribution in [-0.2, 0) is 6.54 Å². The minimum absolute atomic E-state index is 0.313. The summed E-state index contributed by atoms with van der Waals surface area (Å²) in [6.07, 6.45) is 0. The number of aryl methyl sites for hydroxylation is 1. The van der Waals surface area contributed by atoms with Crippen molar-refractivity contribution >= 4 is 33.0 Å². The number of anilines is 1. The highest BCUT2D eigenvalue weighted by Crippen LogP contribution is 2.27. The number of nitrogens with one attached hydrogen (secondary N) is 1. The maximum Gasteiger partial charge on any atom is 0.149 e. The van der Waals surface area contributed by atoms with Gasteiger partial charge in [0.25, 0.3) is 0 Å². The first-order valence-electron chi connectivity index (χ1n) is 5.00. The Bertz CT molecular complexity index is 520. The molecule has 0 aliphatic heterocycles. The number of hydrogen-bond acceptors (Lipinski definition) is 2. The van der Waals surface area contributed by atoms with E-state index < -0.39 is 11.6 Å². The monoisotopic (exact) mass is 317 g/mol. The summed E-state index contributed by atoms with van der Waals surface area (Å²) in [6.45, 7) is 2.54. The molecule has 0 aliphatic rings. The molecule has 0 spiro atoms. The van der Waals surface area contributed by atoms with Crippen molar-refractivity contribution in [2.75, 3.05) is 5.32 Å². The van der Waals surface area contributed by atoms with E-state index in [1.807, 2.05) is 13.0 Å². The lowest BCUT2D eigenvalue weighted by Gasteiger charge is -2.05. The highest BCUT2D eigenvalue weighted by molar-refractivity contribution is 9.10. The molecular formula is C12H10BrF2NS. The van der Waals surface area contributed by atoms with Crippen LogP contribution in [0, 0.1) is 18.6 Å². The van der Waals surface area contributed by atoms with Gasteiger partial charge >= 0.3 is 0 Å². The Hall–Kier alpha value is -0.940. The smallest absolute Gasteiger partial charge is 0.149 e. The molecule has 1 heterocycles. The van der Waals surface area contributed by atoms with Gasteiger partial charge in [0.2, 0.25) is 0 Å². The zero-order chi connectivity index (χ0) is 12.4. The SMILES string of the molecule is Cc1sc(CNc2ccc(F)cc2F)cc1Br. The number of rotatable bonds is 3. The predicted octanol–water partition coefficient (Wildman–Crippen LogP) is 4.71. The average molecular weight is 318 g/mol. The van der Waals surface area contributed by atoms with Crippen LogP contribution >= 0.6 is 27.3 Å². The lowest BCUT2D eigenvalue weighted by molar-refractivity contribution is 0.585. The largest absolute Gasteiger partial charge is 0.378 e. The van der Waals surface area contributed by atoms with Crippen molar-refractivity contribution in [1.82, 2.24) is 0 Å². The summed E-state index contributed by atoms with van der Waals surface area (Å²) < 4.78 is 27.1. The first kappa shape index (κ1) is 12.5. The van der Waals surface area contributed by atoms with Gasteiger partial charge in [-0.25, -0.2) is 8.78 Å². The van der Waals surface area contributed by atoms with E-state index in [1.54, 1.807) is 11.3 Å². The van der Waals surface area contributed by atoms with Crippen molar-refractivity contribution in [1.29, 1.82) is 0 Å². The Morgan fingerprint density at radius 3 is 2.65 bits per heavy atom. The van der Waals surface area contributed by atoms with E-state index in [1.165, 1.54) is 17.0 Å². The van der Waals surface area contributed by atoms with E-state index >= 15 is 0 Å². The molecule has 1 N–H and O–H groups in total. The molecule has 0 saturated heterocycles. The number of thiophene rings is 1. The fourth-order valence-electron chi connectivity index (χ4n) is 1.42. The molecule has 0 radical (unpaired) electrons. The minimum atomic E-state index is -0.572. The van der Waals surface area contributed by atoms with E-state index in [2.05, 4.69) is 21.2 Å². The molecule has 0 aliphatic carbocycles. The summed E-state index contributed by atoms with van der Waals surface area (Å²) in [7, 11) is 0. The number of halogens is 3. The maximum atomic E-state index is 13.3. The maximum absolute atomic E-state index is 13.3. The molecule has 5 heteroatoms. The molecule has 1 nitrogen and oxygen atoms in total.